The van der Waals surface area contributed by atoms with Crippen molar-refractivity contribution in [2.75, 3.05) is 0 Å². The van der Waals surface area contributed by atoms with Crippen LogP contribution in [0.2, 0.25) is 0 Å². The van der Waals surface area contributed by atoms with Gasteiger partial charge in [-0.2, -0.15) is 0 Å². The number of hydrogen-bond acceptors (Lipinski definition) is 3. The molecule has 1 aliphatic carbocycles. The van der Waals surface area contributed by atoms with Crippen LogP contribution in [0.4, 0.5) is 0 Å². The highest BCUT2D eigenvalue weighted by Crippen LogP contribution is 2.29. The molecule has 1 aliphatic heterocycles. The SMILES string of the molecule is O=C1NC(=O)[C@@H]2C=C[C@H](O)C[C@H]12. The van der Waals surface area contributed by atoms with Gasteiger partial charge in [-0.1, -0.05) is 12.2 Å². The van der Waals surface area contributed by atoms with Gasteiger partial charge in [0, 0.05) is 0 Å². The molecule has 0 aromatic heterocycles. The predicted molar refractivity (Wildman–Crippen MR) is 39.9 cm³/mol. The smallest absolute Gasteiger partial charge is 0.234 e. The topological polar surface area (TPSA) is 66.4 Å². The minimum atomic E-state index is -0.581. The quantitative estimate of drug-likeness (QED) is 0.366. The molecule has 1 saturated heterocycles. The fourth-order valence-electron chi connectivity index (χ4n) is 1.71. The molecule has 1 heterocycles. The lowest BCUT2D eigenvalue weighted by atomic mass is 9.85. The Morgan fingerprint density at radius 1 is 1.33 bits per heavy atom. The van der Waals surface area contributed by atoms with Gasteiger partial charge in [-0.05, 0) is 6.42 Å². The highest BCUT2D eigenvalue weighted by molar-refractivity contribution is 6.06. The number of imide groups is 1. The number of rotatable bonds is 0. The van der Waals surface area contributed by atoms with Crippen LogP contribution in [0, 0.1) is 11.8 Å². The highest BCUT2D eigenvalue weighted by atomic mass is 16.3. The molecule has 0 spiro atoms. The summed E-state index contributed by atoms with van der Waals surface area (Å²) < 4.78 is 0. The van der Waals surface area contributed by atoms with E-state index in [0.717, 1.165) is 0 Å². The Morgan fingerprint density at radius 3 is 2.83 bits per heavy atom. The maximum atomic E-state index is 11.1. The van der Waals surface area contributed by atoms with Gasteiger partial charge in [0.1, 0.15) is 0 Å². The molecule has 3 atom stereocenters. The van der Waals surface area contributed by atoms with E-state index in [9.17, 15) is 14.7 Å². The summed E-state index contributed by atoms with van der Waals surface area (Å²) in [5, 5.41) is 11.4. The maximum Gasteiger partial charge on any atom is 0.234 e. The molecule has 4 heteroatoms. The first kappa shape index (κ1) is 7.49. The third-order valence-electron chi connectivity index (χ3n) is 2.36. The second-order valence-electron chi connectivity index (χ2n) is 3.17. The Morgan fingerprint density at radius 2 is 2.08 bits per heavy atom. The average Bonchev–Trinajstić information content (AvgIpc) is 2.28. The fraction of sp³-hybridized carbons (Fsp3) is 0.500. The lowest BCUT2D eigenvalue weighted by Gasteiger charge is -2.19. The molecule has 2 N–H and O–H groups in total. The Labute approximate surface area is 69.3 Å². The van der Waals surface area contributed by atoms with Gasteiger partial charge in [-0.15, -0.1) is 0 Å². The van der Waals surface area contributed by atoms with Crippen LogP contribution in [-0.4, -0.2) is 23.0 Å². The molecule has 2 amide bonds. The van der Waals surface area contributed by atoms with E-state index in [1.807, 2.05) is 0 Å². The minimum Gasteiger partial charge on any atom is -0.389 e. The van der Waals surface area contributed by atoms with Crippen molar-refractivity contribution in [2.45, 2.75) is 12.5 Å². The van der Waals surface area contributed by atoms with Gasteiger partial charge in [-0.25, -0.2) is 0 Å². The van der Waals surface area contributed by atoms with Gasteiger partial charge in [0.2, 0.25) is 11.8 Å². The van der Waals surface area contributed by atoms with Crippen molar-refractivity contribution in [1.29, 1.82) is 0 Å². The van der Waals surface area contributed by atoms with Crippen molar-refractivity contribution in [3.8, 4) is 0 Å². The molecule has 0 radical (unpaired) electrons. The molecule has 2 aliphatic rings. The number of hydrogen-bond donors (Lipinski definition) is 2. The van der Waals surface area contributed by atoms with Crippen molar-refractivity contribution in [3.05, 3.63) is 12.2 Å². The van der Waals surface area contributed by atoms with Gasteiger partial charge in [-0.3, -0.25) is 14.9 Å². The highest BCUT2D eigenvalue weighted by Gasteiger charge is 2.42. The third kappa shape index (κ3) is 0.956. The normalized spacial score (nSPS) is 39.6. The molecule has 0 saturated carbocycles. The summed E-state index contributed by atoms with van der Waals surface area (Å²) in [7, 11) is 0. The Hall–Kier alpha value is -1.16. The average molecular weight is 167 g/mol. The zero-order chi connectivity index (χ0) is 8.72. The van der Waals surface area contributed by atoms with E-state index in [2.05, 4.69) is 5.32 Å². The van der Waals surface area contributed by atoms with Gasteiger partial charge in [0.05, 0.1) is 17.9 Å². The molecule has 2 rings (SSSR count). The van der Waals surface area contributed by atoms with Gasteiger partial charge in [0.25, 0.3) is 0 Å². The van der Waals surface area contributed by atoms with E-state index in [1.165, 1.54) is 0 Å². The van der Waals surface area contributed by atoms with Gasteiger partial charge < -0.3 is 5.11 Å². The molecular formula is C8H9NO3. The number of amides is 2. The number of aliphatic hydroxyl groups is 1. The summed E-state index contributed by atoms with van der Waals surface area (Å²) in [4.78, 5) is 22.1. The van der Waals surface area contributed by atoms with E-state index in [0.29, 0.717) is 6.42 Å². The lowest BCUT2D eigenvalue weighted by molar-refractivity contribution is -0.126. The van der Waals surface area contributed by atoms with Crippen molar-refractivity contribution in [2.24, 2.45) is 11.8 Å². The number of carbonyl (C=O) groups is 2. The van der Waals surface area contributed by atoms with Crippen LogP contribution in [-0.2, 0) is 9.59 Å². The standard InChI is InChI=1S/C8H9NO3/c10-4-1-2-5-6(3-4)8(12)9-7(5)11/h1-2,4-6,10H,3H2,(H,9,11,12)/t4-,5+,6-/m0/s1. The van der Waals surface area contributed by atoms with E-state index >= 15 is 0 Å². The Kier molecular flexibility index (Phi) is 1.51. The molecule has 0 unspecified atom stereocenters. The van der Waals surface area contributed by atoms with Gasteiger partial charge in [0.15, 0.2) is 0 Å². The number of nitrogens with one attached hydrogen (secondary N) is 1. The predicted octanol–water partition coefficient (Wildman–Crippen LogP) is -0.804. The van der Waals surface area contributed by atoms with E-state index in [-0.39, 0.29) is 23.7 Å². The van der Waals surface area contributed by atoms with Gasteiger partial charge >= 0.3 is 0 Å². The summed E-state index contributed by atoms with van der Waals surface area (Å²) in [5.74, 6) is -1.19. The molecule has 12 heavy (non-hydrogen) atoms. The molecule has 4 nitrogen and oxygen atoms in total. The van der Waals surface area contributed by atoms with Crippen LogP contribution >= 0.6 is 0 Å². The summed E-state index contributed by atoms with van der Waals surface area (Å²) in [6.45, 7) is 0. The van der Waals surface area contributed by atoms with E-state index in [4.69, 9.17) is 0 Å². The van der Waals surface area contributed by atoms with Crippen LogP contribution in [0.1, 0.15) is 6.42 Å². The first-order chi connectivity index (χ1) is 5.68. The van der Waals surface area contributed by atoms with Crippen molar-refractivity contribution in [1.82, 2.24) is 5.32 Å². The molecule has 64 valence electrons. The summed E-state index contributed by atoms with van der Waals surface area (Å²) >= 11 is 0. The van der Waals surface area contributed by atoms with Crippen molar-refractivity contribution >= 4 is 11.8 Å². The van der Waals surface area contributed by atoms with Crippen LogP contribution in [0.3, 0.4) is 0 Å². The number of aliphatic hydroxyl groups excluding tert-OH is 1. The first-order valence-corrected chi connectivity index (χ1v) is 3.89. The largest absolute Gasteiger partial charge is 0.389 e. The van der Waals surface area contributed by atoms with Crippen LogP contribution in [0.15, 0.2) is 12.2 Å². The van der Waals surface area contributed by atoms with Crippen LogP contribution < -0.4 is 5.32 Å². The zero-order valence-corrected chi connectivity index (χ0v) is 6.36. The Bertz CT molecular complexity index is 271. The monoisotopic (exact) mass is 167 g/mol. The zero-order valence-electron chi connectivity index (χ0n) is 6.36. The second kappa shape index (κ2) is 2.42. The third-order valence-corrected chi connectivity index (χ3v) is 2.36. The van der Waals surface area contributed by atoms with Crippen molar-refractivity contribution in [3.63, 3.8) is 0 Å². The van der Waals surface area contributed by atoms with Crippen LogP contribution in [0.25, 0.3) is 0 Å². The van der Waals surface area contributed by atoms with Crippen molar-refractivity contribution < 1.29 is 14.7 Å². The van der Waals surface area contributed by atoms with E-state index in [1.54, 1.807) is 12.2 Å². The second-order valence-corrected chi connectivity index (χ2v) is 3.17. The minimum absolute atomic E-state index is 0.242. The molecule has 0 aromatic carbocycles. The number of carbonyl (C=O) groups excluding carboxylic acids is 2. The summed E-state index contributed by atoms with van der Waals surface area (Å²) in [6, 6.07) is 0. The number of fused-ring (bicyclic) bond motifs is 1. The van der Waals surface area contributed by atoms with Crippen LogP contribution in [0.5, 0.6) is 0 Å². The molecular weight excluding hydrogens is 158 g/mol. The fourth-order valence-corrected chi connectivity index (χ4v) is 1.71. The molecule has 0 bridgehead atoms. The Balaban J connectivity index is 2.29. The van der Waals surface area contributed by atoms with E-state index < -0.39 is 6.10 Å². The summed E-state index contributed by atoms with van der Waals surface area (Å²) in [5.41, 5.74) is 0. The first-order valence-electron chi connectivity index (χ1n) is 3.89. The molecule has 0 aromatic rings. The maximum absolute atomic E-state index is 11.1. The summed E-state index contributed by atoms with van der Waals surface area (Å²) in [6.07, 6.45) is 2.96. The lowest BCUT2D eigenvalue weighted by Crippen LogP contribution is -2.25. The molecule has 1 fully saturated rings.